The van der Waals surface area contributed by atoms with Crippen molar-refractivity contribution in [2.24, 2.45) is 0 Å². The summed E-state index contributed by atoms with van der Waals surface area (Å²) in [5, 5.41) is 4.09. The molecule has 0 fully saturated rings. The van der Waals surface area contributed by atoms with Crippen LogP contribution in [0, 0.1) is 0 Å². The molecule has 0 bridgehead atoms. The molecule has 36 valence electrons. The van der Waals surface area contributed by atoms with E-state index in [4.69, 9.17) is 0 Å². The fourth-order valence-corrected chi connectivity index (χ4v) is 0.316. The van der Waals surface area contributed by atoms with E-state index in [9.17, 15) is 0 Å². The van der Waals surface area contributed by atoms with Crippen LogP contribution in [0.1, 0.15) is 20.3 Å². The van der Waals surface area contributed by atoms with E-state index in [-0.39, 0.29) is 0 Å². The second kappa shape index (κ2) is 4.96. The predicted octanol–water partition coefficient (Wildman–Crippen LogP) is 1.02. The molecule has 0 rings (SSSR count). The minimum atomic E-state index is 0.980. The zero-order valence-electron chi connectivity index (χ0n) is 4.57. The Bertz CT molecular complexity index is 15.9. The lowest BCUT2D eigenvalue weighted by Crippen LogP contribution is -2.02. The van der Waals surface area contributed by atoms with Crippen LogP contribution in [0.15, 0.2) is 0 Å². The molecule has 0 aliphatic heterocycles. The molecule has 0 aromatic heterocycles. The Morgan fingerprint density at radius 3 is 2.17 bits per heavy atom. The van der Waals surface area contributed by atoms with Crippen LogP contribution in [0.5, 0.6) is 0 Å². The molecule has 6 heavy (non-hydrogen) atoms. The van der Waals surface area contributed by atoms with Crippen molar-refractivity contribution in [3.63, 3.8) is 0 Å². The third kappa shape index (κ3) is 3.96. The minimum absolute atomic E-state index is 0.980. The van der Waals surface area contributed by atoms with E-state index in [1.54, 1.807) is 0 Å². The first kappa shape index (κ1) is 5.96. The van der Waals surface area contributed by atoms with Crippen molar-refractivity contribution >= 4 is 0 Å². The summed E-state index contributed by atoms with van der Waals surface area (Å²) in [6.45, 7) is 6.22. The zero-order chi connectivity index (χ0) is 4.83. The maximum atomic E-state index is 4.09. The minimum Gasteiger partial charge on any atom is -0.0596 e. The molecule has 0 aliphatic rings. The highest BCUT2D eigenvalue weighted by Gasteiger charge is 1.90. The largest absolute Gasteiger partial charge is 0.183 e. The maximum Gasteiger partial charge on any atom is 0.183 e. The van der Waals surface area contributed by atoms with Gasteiger partial charge < -0.3 is 0 Å². The lowest BCUT2D eigenvalue weighted by molar-refractivity contribution is 0.689. The van der Waals surface area contributed by atoms with Crippen LogP contribution in [0.4, 0.5) is 0 Å². The Morgan fingerprint density at radius 1 is 1.33 bits per heavy atom. The van der Waals surface area contributed by atoms with Crippen LogP contribution in [0.2, 0.25) is 0 Å². The summed E-state index contributed by atoms with van der Waals surface area (Å²) >= 11 is 0. The molecule has 0 heterocycles. The number of nitrogens with zero attached hydrogens (tertiary/aromatic N) is 1. The van der Waals surface area contributed by atoms with Crippen molar-refractivity contribution in [3.8, 4) is 0 Å². The van der Waals surface area contributed by atoms with Gasteiger partial charge in [-0.05, 0) is 6.92 Å². The third-order valence-corrected chi connectivity index (χ3v) is 0.605. The Labute approximate surface area is 39.7 Å². The fraction of sp³-hybridized carbons (Fsp3) is 1.00. The summed E-state index contributed by atoms with van der Waals surface area (Å²) in [6, 6.07) is 0. The van der Waals surface area contributed by atoms with Crippen LogP contribution in [-0.4, -0.2) is 13.1 Å². The first-order valence-electron chi connectivity index (χ1n) is 2.55. The van der Waals surface area contributed by atoms with Crippen molar-refractivity contribution in [2.45, 2.75) is 20.3 Å². The third-order valence-electron chi connectivity index (χ3n) is 0.605. The molecule has 0 amide bonds. The number of hydrogen-bond acceptors (Lipinski definition) is 0. The highest BCUT2D eigenvalue weighted by Crippen LogP contribution is 1.68. The van der Waals surface area contributed by atoms with Crippen molar-refractivity contribution in [3.05, 3.63) is 0 Å². The Kier molecular flexibility index (Phi) is 4.93. The van der Waals surface area contributed by atoms with Crippen molar-refractivity contribution in [2.75, 3.05) is 13.1 Å². The van der Waals surface area contributed by atoms with Gasteiger partial charge in [0.2, 0.25) is 0 Å². The Hall–Kier alpha value is -0.0400. The number of hydrogen-bond donors (Lipinski definition) is 0. The quantitative estimate of drug-likeness (QED) is 0.455. The molecule has 0 aliphatic carbocycles. The van der Waals surface area contributed by atoms with Crippen LogP contribution >= 0.6 is 0 Å². The standard InChI is InChI=1S/C5H12N/c1-3-5-6-4-2/h3-5H2,1-2H3/q+1. The van der Waals surface area contributed by atoms with Crippen LogP contribution < -0.4 is 5.32 Å². The topological polar surface area (TPSA) is 14.1 Å². The second-order valence-electron chi connectivity index (χ2n) is 1.26. The van der Waals surface area contributed by atoms with E-state index in [2.05, 4.69) is 19.2 Å². The van der Waals surface area contributed by atoms with Gasteiger partial charge >= 0.3 is 0 Å². The summed E-state index contributed by atoms with van der Waals surface area (Å²) < 4.78 is 0. The summed E-state index contributed by atoms with van der Waals surface area (Å²) in [6.07, 6.45) is 1.19. The Balaban J connectivity index is 2.34. The van der Waals surface area contributed by atoms with Crippen molar-refractivity contribution < 1.29 is 0 Å². The molecule has 0 saturated carbocycles. The molecule has 0 spiro atoms. The maximum absolute atomic E-state index is 4.09. The summed E-state index contributed by atoms with van der Waals surface area (Å²) in [4.78, 5) is 0. The molecule has 0 atom stereocenters. The lowest BCUT2D eigenvalue weighted by atomic mass is 10.5. The average Bonchev–Trinajstić information content (AvgIpc) is 1.61. The Morgan fingerprint density at radius 2 is 2.00 bits per heavy atom. The molecule has 0 aromatic carbocycles. The summed E-state index contributed by atoms with van der Waals surface area (Å²) in [5.41, 5.74) is 0. The van der Waals surface area contributed by atoms with Gasteiger partial charge in [-0.15, -0.1) is 0 Å². The zero-order valence-corrected chi connectivity index (χ0v) is 4.57. The van der Waals surface area contributed by atoms with E-state index >= 15 is 0 Å². The monoisotopic (exact) mass is 86.1 g/mol. The van der Waals surface area contributed by atoms with E-state index < -0.39 is 0 Å². The second-order valence-corrected chi connectivity index (χ2v) is 1.26. The molecule has 0 unspecified atom stereocenters. The highest BCUT2D eigenvalue weighted by molar-refractivity contribution is 4.34. The highest BCUT2D eigenvalue weighted by atomic mass is 14.8. The van der Waals surface area contributed by atoms with Crippen LogP contribution in [0.25, 0.3) is 0 Å². The molecule has 0 saturated heterocycles. The predicted molar refractivity (Wildman–Crippen MR) is 27.8 cm³/mol. The smallest absolute Gasteiger partial charge is 0.0596 e. The van der Waals surface area contributed by atoms with Gasteiger partial charge in [-0.25, -0.2) is 0 Å². The van der Waals surface area contributed by atoms with Crippen LogP contribution in [-0.2, 0) is 0 Å². The van der Waals surface area contributed by atoms with Gasteiger partial charge in [0, 0.05) is 6.42 Å². The van der Waals surface area contributed by atoms with Gasteiger partial charge in [-0.3, -0.25) is 0 Å². The first-order valence-corrected chi connectivity index (χ1v) is 2.55. The van der Waals surface area contributed by atoms with Crippen molar-refractivity contribution in [1.29, 1.82) is 0 Å². The molecule has 1 heteroatoms. The molecule has 2 radical (unpaired) electrons. The van der Waals surface area contributed by atoms with Gasteiger partial charge in [-0.2, -0.15) is 0 Å². The van der Waals surface area contributed by atoms with Gasteiger partial charge in [0.05, 0.1) is 5.32 Å². The van der Waals surface area contributed by atoms with Gasteiger partial charge in [0.15, 0.2) is 13.1 Å². The average molecular weight is 86.2 g/mol. The van der Waals surface area contributed by atoms with Gasteiger partial charge in [0.1, 0.15) is 0 Å². The fourth-order valence-electron chi connectivity index (χ4n) is 0.316. The van der Waals surface area contributed by atoms with Gasteiger partial charge in [0.25, 0.3) is 0 Å². The molecule has 1 nitrogen and oxygen atoms in total. The first-order chi connectivity index (χ1) is 2.91. The van der Waals surface area contributed by atoms with Crippen molar-refractivity contribution in [1.82, 2.24) is 5.32 Å². The van der Waals surface area contributed by atoms with E-state index in [0.717, 1.165) is 13.1 Å². The lowest BCUT2D eigenvalue weighted by Gasteiger charge is -1.71. The molecule has 0 N–H and O–H groups in total. The normalized spacial score (nSPS) is 9.00. The summed E-state index contributed by atoms with van der Waals surface area (Å²) in [5.74, 6) is 0. The van der Waals surface area contributed by atoms with E-state index in [1.807, 2.05) is 0 Å². The van der Waals surface area contributed by atoms with E-state index in [1.165, 1.54) is 6.42 Å². The molecular formula is C5H12N+. The molecular weight excluding hydrogens is 74.1 g/mol. The number of rotatable bonds is 3. The SMILES string of the molecule is CCC[N+]CC. The van der Waals surface area contributed by atoms with Crippen LogP contribution in [0.3, 0.4) is 0 Å². The van der Waals surface area contributed by atoms with E-state index in [0.29, 0.717) is 0 Å². The summed E-state index contributed by atoms with van der Waals surface area (Å²) in [7, 11) is 0. The molecule has 0 aromatic rings. The van der Waals surface area contributed by atoms with Gasteiger partial charge in [-0.1, -0.05) is 6.92 Å².